The first kappa shape index (κ1) is 14.4. The molecule has 0 radical (unpaired) electrons. The Balaban J connectivity index is 2.09. The molecule has 108 valence electrons. The third-order valence-corrected chi connectivity index (χ3v) is 3.75. The average molecular weight is 278 g/mol. The van der Waals surface area contributed by atoms with Crippen LogP contribution in [0.2, 0.25) is 0 Å². The Morgan fingerprint density at radius 1 is 1.10 bits per heavy atom. The van der Waals surface area contributed by atoms with Gasteiger partial charge in [-0.25, -0.2) is 4.98 Å². The van der Waals surface area contributed by atoms with Crippen molar-refractivity contribution in [3.8, 4) is 0 Å². The number of anilines is 1. The number of carbonyl (C=O) groups is 2. The number of carbonyl (C=O) groups excluding carboxylic acids is 1. The van der Waals surface area contributed by atoms with Gasteiger partial charge < -0.3 is 5.11 Å². The fraction of sp³-hybridized carbons (Fsp3) is 0.615. The highest BCUT2D eigenvalue weighted by atomic mass is 16.4. The monoisotopic (exact) mass is 278 g/mol. The van der Waals surface area contributed by atoms with E-state index in [2.05, 4.69) is 20.5 Å². The van der Waals surface area contributed by atoms with Crippen molar-refractivity contribution in [1.29, 1.82) is 0 Å². The molecular formula is C13H18N4O3. The molecule has 0 unspecified atom stereocenters. The smallest absolute Gasteiger partial charge is 0.307 e. The Kier molecular flexibility index (Phi) is 4.26. The molecule has 1 fully saturated rings. The Morgan fingerprint density at radius 3 is 2.35 bits per heavy atom. The zero-order valence-electron chi connectivity index (χ0n) is 11.6. The summed E-state index contributed by atoms with van der Waals surface area (Å²) in [5, 5.41) is 19.4. The van der Waals surface area contributed by atoms with Crippen molar-refractivity contribution >= 4 is 17.8 Å². The summed E-state index contributed by atoms with van der Waals surface area (Å²) >= 11 is 0. The normalized spacial score (nSPS) is 22.3. The van der Waals surface area contributed by atoms with Crippen LogP contribution in [0.15, 0.2) is 0 Å². The summed E-state index contributed by atoms with van der Waals surface area (Å²) in [5.74, 6) is -2.26. The van der Waals surface area contributed by atoms with Gasteiger partial charge in [0.25, 0.3) is 0 Å². The van der Waals surface area contributed by atoms with Crippen LogP contribution in [0.3, 0.4) is 0 Å². The first-order valence-electron chi connectivity index (χ1n) is 6.70. The second kappa shape index (κ2) is 5.94. The molecule has 1 aliphatic rings. The standard InChI is InChI=1S/C13H18N4O3/c1-7-8(2)16-17-13(14-7)15-11(18)9-5-3-4-6-10(9)12(19)20/h9-10H,3-6H2,1-2H3,(H,19,20)(H,14,15,17,18)/t9-,10+/m1/s1. The Bertz CT molecular complexity index is 532. The van der Waals surface area contributed by atoms with Crippen molar-refractivity contribution in [1.82, 2.24) is 15.2 Å². The highest BCUT2D eigenvalue weighted by molar-refractivity contribution is 5.93. The molecule has 0 saturated heterocycles. The van der Waals surface area contributed by atoms with Crippen molar-refractivity contribution < 1.29 is 14.7 Å². The van der Waals surface area contributed by atoms with E-state index in [9.17, 15) is 14.7 Å². The van der Waals surface area contributed by atoms with E-state index < -0.39 is 17.8 Å². The summed E-state index contributed by atoms with van der Waals surface area (Å²) in [5.41, 5.74) is 1.39. The average Bonchev–Trinajstić information content (AvgIpc) is 2.43. The first-order valence-corrected chi connectivity index (χ1v) is 6.70. The van der Waals surface area contributed by atoms with E-state index in [4.69, 9.17) is 0 Å². The van der Waals surface area contributed by atoms with E-state index in [-0.39, 0.29) is 11.9 Å². The molecule has 20 heavy (non-hydrogen) atoms. The first-order chi connectivity index (χ1) is 9.49. The van der Waals surface area contributed by atoms with Gasteiger partial charge in [-0.3, -0.25) is 14.9 Å². The quantitative estimate of drug-likeness (QED) is 0.863. The molecule has 0 aliphatic heterocycles. The van der Waals surface area contributed by atoms with E-state index in [1.807, 2.05) is 0 Å². The van der Waals surface area contributed by atoms with Crippen LogP contribution in [0.5, 0.6) is 0 Å². The van der Waals surface area contributed by atoms with Gasteiger partial charge in [0, 0.05) is 0 Å². The molecule has 1 aromatic heterocycles. The minimum atomic E-state index is -0.913. The van der Waals surface area contributed by atoms with E-state index in [1.54, 1.807) is 13.8 Å². The molecule has 2 atom stereocenters. The van der Waals surface area contributed by atoms with E-state index in [0.717, 1.165) is 12.8 Å². The fourth-order valence-electron chi connectivity index (χ4n) is 2.45. The number of nitrogens with zero attached hydrogens (tertiary/aromatic N) is 3. The largest absolute Gasteiger partial charge is 0.481 e. The number of hydrogen-bond acceptors (Lipinski definition) is 5. The SMILES string of the molecule is Cc1nnc(NC(=O)[C@@H]2CCCC[C@@H]2C(=O)O)nc1C. The van der Waals surface area contributed by atoms with Crippen LogP contribution in [-0.2, 0) is 9.59 Å². The van der Waals surface area contributed by atoms with Gasteiger partial charge >= 0.3 is 5.97 Å². The lowest BCUT2D eigenvalue weighted by molar-refractivity contribution is -0.147. The molecule has 1 aliphatic carbocycles. The molecule has 0 spiro atoms. The predicted octanol–water partition coefficient (Wildman–Crippen LogP) is 1.32. The minimum absolute atomic E-state index is 0.132. The van der Waals surface area contributed by atoms with E-state index in [0.29, 0.717) is 24.2 Å². The summed E-state index contributed by atoms with van der Waals surface area (Å²) in [6, 6.07) is 0. The van der Waals surface area contributed by atoms with Gasteiger partial charge in [-0.15, -0.1) is 5.10 Å². The second-order valence-corrected chi connectivity index (χ2v) is 5.13. The van der Waals surface area contributed by atoms with Gasteiger partial charge in [-0.1, -0.05) is 12.8 Å². The molecule has 1 heterocycles. The molecule has 1 saturated carbocycles. The Morgan fingerprint density at radius 2 is 1.75 bits per heavy atom. The molecule has 2 N–H and O–H groups in total. The lowest BCUT2D eigenvalue weighted by Crippen LogP contribution is -2.36. The number of carboxylic acid groups (broad SMARTS) is 1. The maximum Gasteiger partial charge on any atom is 0.307 e. The summed E-state index contributed by atoms with van der Waals surface area (Å²) in [7, 11) is 0. The zero-order valence-corrected chi connectivity index (χ0v) is 11.6. The van der Waals surface area contributed by atoms with Crippen LogP contribution < -0.4 is 5.32 Å². The van der Waals surface area contributed by atoms with Crippen LogP contribution in [0, 0.1) is 25.7 Å². The second-order valence-electron chi connectivity index (χ2n) is 5.13. The number of rotatable bonds is 3. The van der Waals surface area contributed by atoms with Crippen molar-refractivity contribution in [2.45, 2.75) is 39.5 Å². The van der Waals surface area contributed by atoms with Gasteiger partial charge in [-0.2, -0.15) is 5.10 Å². The maximum absolute atomic E-state index is 12.2. The Labute approximate surface area is 116 Å². The highest BCUT2D eigenvalue weighted by Gasteiger charge is 2.36. The number of aryl methyl sites for hydroxylation is 2. The number of aromatic nitrogens is 3. The molecule has 7 heteroatoms. The third-order valence-electron chi connectivity index (χ3n) is 3.75. The van der Waals surface area contributed by atoms with Gasteiger partial charge in [-0.05, 0) is 26.7 Å². The van der Waals surface area contributed by atoms with E-state index in [1.165, 1.54) is 0 Å². The molecule has 2 rings (SSSR count). The molecule has 0 aromatic carbocycles. The summed E-state index contributed by atoms with van der Waals surface area (Å²) in [6.45, 7) is 3.56. The predicted molar refractivity (Wildman–Crippen MR) is 71.0 cm³/mol. The van der Waals surface area contributed by atoms with Crippen molar-refractivity contribution in [3.05, 3.63) is 11.4 Å². The van der Waals surface area contributed by atoms with Crippen LogP contribution in [0.25, 0.3) is 0 Å². The number of aliphatic carboxylic acids is 1. The van der Waals surface area contributed by atoms with Gasteiger partial charge in [0.2, 0.25) is 11.9 Å². The summed E-state index contributed by atoms with van der Waals surface area (Å²) < 4.78 is 0. The molecular weight excluding hydrogens is 260 g/mol. The maximum atomic E-state index is 12.2. The summed E-state index contributed by atoms with van der Waals surface area (Å²) in [4.78, 5) is 27.5. The topological polar surface area (TPSA) is 105 Å². The zero-order chi connectivity index (χ0) is 14.7. The summed E-state index contributed by atoms with van der Waals surface area (Å²) in [6.07, 6.45) is 2.84. The van der Waals surface area contributed by atoms with Crippen LogP contribution in [0.4, 0.5) is 5.95 Å². The van der Waals surface area contributed by atoms with Crippen LogP contribution >= 0.6 is 0 Å². The van der Waals surface area contributed by atoms with Crippen molar-refractivity contribution in [2.24, 2.45) is 11.8 Å². The van der Waals surface area contributed by atoms with Crippen molar-refractivity contribution in [3.63, 3.8) is 0 Å². The lowest BCUT2D eigenvalue weighted by atomic mass is 9.79. The van der Waals surface area contributed by atoms with Gasteiger partial charge in [0.1, 0.15) is 0 Å². The molecule has 1 aromatic rings. The number of hydrogen-bond donors (Lipinski definition) is 2. The Hall–Kier alpha value is -2.05. The van der Waals surface area contributed by atoms with Crippen LogP contribution in [0.1, 0.15) is 37.1 Å². The van der Waals surface area contributed by atoms with Crippen molar-refractivity contribution in [2.75, 3.05) is 5.32 Å². The molecule has 1 amide bonds. The molecule has 7 nitrogen and oxygen atoms in total. The lowest BCUT2D eigenvalue weighted by Gasteiger charge is -2.27. The highest BCUT2D eigenvalue weighted by Crippen LogP contribution is 2.31. The van der Waals surface area contributed by atoms with Gasteiger partial charge in [0.05, 0.1) is 23.2 Å². The van der Waals surface area contributed by atoms with Gasteiger partial charge in [0.15, 0.2) is 0 Å². The number of nitrogens with one attached hydrogen (secondary N) is 1. The van der Waals surface area contributed by atoms with Crippen LogP contribution in [-0.4, -0.2) is 32.2 Å². The number of carboxylic acids is 1. The van der Waals surface area contributed by atoms with E-state index >= 15 is 0 Å². The molecule has 0 bridgehead atoms. The number of amides is 1. The minimum Gasteiger partial charge on any atom is -0.481 e. The third kappa shape index (κ3) is 3.09. The fourth-order valence-corrected chi connectivity index (χ4v) is 2.45.